The summed E-state index contributed by atoms with van der Waals surface area (Å²) in [6.07, 6.45) is 0.996. The fraction of sp³-hybridized carbons (Fsp3) is 0.556. The third-order valence-corrected chi connectivity index (χ3v) is 3.99. The van der Waals surface area contributed by atoms with Crippen molar-refractivity contribution in [1.29, 1.82) is 0 Å². The minimum Gasteiger partial charge on any atom is -0.329 e. The molecule has 0 bridgehead atoms. The minimum absolute atomic E-state index is 0.102. The highest BCUT2D eigenvalue weighted by molar-refractivity contribution is 7.89. The van der Waals surface area contributed by atoms with Crippen molar-refractivity contribution >= 4 is 10.0 Å². The van der Waals surface area contributed by atoms with Crippen LogP contribution in [0.25, 0.3) is 0 Å². The van der Waals surface area contributed by atoms with Crippen LogP contribution in [0, 0.1) is 0 Å². The van der Waals surface area contributed by atoms with Gasteiger partial charge in [0, 0.05) is 32.9 Å². The van der Waals surface area contributed by atoms with Gasteiger partial charge in [0.05, 0.1) is 0 Å². The van der Waals surface area contributed by atoms with Crippen LogP contribution in [-0.4, -0.2) is 30.1 Å². The highest BCUT2D eigenvalue weighted by atomic mass is 32.2. The van der Waals surface area contributed by atoms with E-state index < -0.39 is 32.2 Å². The van der Waals surface area contributed by atoms with Gasteiger partial charge in [-0.05, 0) is 6.92 Å². The van der Waals surface area contributed by atoms with E-state index in [0.717, 1.165) is 15.3 Å². The van der Waals surface area contributed by atoms with Crippen molar-refractivity contribution < 1.29 is 8.42 Å². The van der Waals surface area contributed by atoms with Crippen LogP contribution in [0.2, 0.25) is 0 Å². The fourth-order valence-corrected chi connectivity index (χ4v) is 2.75. The zero-order valence-electron chi connectivity index (χ0n) is 10.4. The van der Waals surface area contributed by atoms with E-state index in [4.69, 9.17) is 5.73 Å². The second-order valence-corrected chi connectivity index (χ2v) is 5.69. The van der Waals surface area contributed by atoms with Gasteiger partial charge in [0.25, 0.3) is 5.56 Å². The molecule has 1 rings (SSSR count). The van der Waals surface area contributed by atoms with Crippen LogP contribution >= 0.6 is 0 Å². The first kappa shape index (κ1) is 14.6. The molecule has 0 saturated heterocycles. The summed E-state index contributed by atoms with van der Waals surface area (Å²) in [5, 5.41) is 0. The van der Waals surface area contributed by atoms with Gasteiger partial charge in [0.15, 0.2) is 4.90 Å². The van der Waals surface area contributed by atoms with Crippen LogP contribution in [0.15, 0.2) is 20.7 Å². The smallest absolute Gasteiger partial charge is 0.329 e. The van der Waals surface area contributed by atoms with Crippen molar-refractivity contribution in [1.82, 2.24) is 13.9 Å². The van der Waals surface area contributed by atoms with Crippen molar-refractivity contribution in [2.45, 2.75) is 17.9 Å². The SMILES string of the molecule is C[C@H](CN)NS(=O)(=O)c1cn(C)c(=O)n(C)c1=O. The number of nitrogens with two attached hydrogens (primary N) is 1. The standard InChI is InChI=1S/C9H16N4O4S/c1-6(4-10)11-18(16,17)7-5-12(2)9(15)13(3)8(7)14/h5-6,11H,4,10H2,1-3H3/t6-/m1/s1. The van der Waals surface area contributed by atoms with Gasteiger partial charge >= 0.3 is 5.69 Å². The van der Waals surface area contributed by atoms with Crippen LogP contribution in [-0.2, 0) is 24.1 Å². The maximum Gasteiger partial charge on any atom is 0.330 e. The molecule has 9 heteroatoms. The van der Waals surface area contributed by atoms with Gasteiger partial charge in [-0.3, -0.25) is 9.36 Å². The summed E-state index contributed by atoms with van der Waals surface area (Å²) in [5.74, 6) is 0. The number of nitrogens with zero attached hydrogens (tertiary/aromatic N) is 2. The second-order valence-electron chi connectivity index (χ2n) is 4.01. The van der Waals surface area contributed by atoms with E-state index in [0.29, 0.717) is 0 Å². The van der Waals surface area contributed by atoms with Gasteiger partial charge in [-0.15, -0.1) is 0 Å². The van der Waals surface area contributed by atoms with Gasteiger partial charge < -0.3 is 10.3 Å². The Bertz CT molecular complexity index is 658. The van der Waals surface area contributed by atoms with E-state index in [1.54, 1.807) is 6.92 Å². The van der Waals surface area contributed by atoms with E-state index in [2.05, 4.69) is 4.72 Å². The van der Waals surface area contributed by atoms with Crippen molar-refractivity contribution in [3.05, 3.63) is 27.0 Å². The Labute approximate surface area is 104 Å². The molecule has 0 unspecified atom stereocenters. The lowest BCUT2D eigenvalue weighted by Crippen LogP contribution is -2.44. The predicted molar refractivity (Wildman–Crippen MR) is 65.8 cm³/mol. The highest BCUT2D eigenvalue weighted by Gasteiger charge is 2.22. The Kier molecular flexibility index (Phi) is 4.09. The van der Waals surface area contributed by atoms with Crippen LogP contribution < -0.4 is 21.7 Å². The molecule has 0 fully saturated rings. The van der Waals surface area contributed by atoms with Gasteiger partial charge in [0.2, 0.25) is 10.0 Å². The number of aromatic nitrogens is 2. The third kappa shape index (κ3) is 2.68. The zero-order valence-corrected chi connectivity index (χ0v) is 11.2. The maximum absolute atomic E-state index is 11.9. The van der Waals surface area contributed by atoms with Gasteiger partial charge in [-0.25, -0.2) is 17.9 Å². The molecule has 0 aliphatic carbocycles. The summed E-state index contributed by atoms with van der Waals surface area (Å²) in [6, 6.07) is -0.503. The van der Waals surface area contributed by atoms with E-state index >= 15 is 0 Å². The average molecular weight is 276 g/mol. The summed E-state index contributed by atoms with van der Waals surface area (Å²) in [6.45, 7) is 1.68. The first-order chi connectivity index (χ1) is 8.20. The lowest BCUT2D eigenvalue weighted by Gasteiger charge is -2.12. The molecule has 3 N–H and O–H groups in total. The molecule has 0 spiro atoms. The molecular weight excluding hydrogens is 260 g/mol. The number of rotatable bonds is 4. The Morgan fingerprint density at radius 1 is 1.39 bits per heavy atom. The molecule has 102 valence electrons. The average Bonchev–Trinajstić information content (AvgIpc) is 2.30. The maximum atomic E-state index is 11.9. The van der Waals surface area contributed by atoms with Crippen molar-refractivity contribution in [2.24, 2.45) is 19.8 Å². The first-order valence-electron chi connectivity index (χ1n) is 5.19. The number of hydrogen-bond acceptors (Lipinski definition) is 5. The molecule has 1 heterocycles. The van der Waals surface area contributed by atoms with Crippen LogP contribution in [0.3, 0.4) is 0 Å². The Balaban J connectivity index is 3.44. The number of sulfonamides is 1. The lowest BCUT2D eigenvalue weighted by molar-refractivity contribution is 0.554. The van der Waals surface area contributed by atoms with E-state index in [1.807, 2.05) is 0 Å². The Hall–Kier alpha value is -1.45. The quantitative estimate of drug-likeness (QED) is 0.642. The lowest BCUT2D eigenvalue weighted by atomic mass is 10.4. The van der Waals surface area contributed by atoms with E-state index in [1.165, 1.54) is 14.1 Å². The molecule has 0 amide bonds. The molecule has 1 aromatic heterocycles. The summed E-state index contributed by atoms with van der Waals surface area (Å²) in [5.41, 5.74) is 3.86. The highest BCUT2D eigenvalue weighted by Crippen LogP contribution is 2.00. The Morgan fingerprint density at radius 3 is 2.44 bits per heavy atom. The second kappa shape index (κ2) is 5.04. The number of nitrogens with one attached hydrogen (secondary N) is 1. The molecule has 1 aromatic rings. The van der Waals surface area contributed by atoms with Gasteiger partial charge in [-0.1, -0.05) is 0 Å². The molecule has 0 aliphatic heterocycles. The molecule has 0 aliphatic rings. The van der Waals surface area contributed by atoms with Gasteiger partial charge in [0.1, 0.15) is 0 Å². The van der Waals surface area contributed by atoms with Crippen molar-refractivity contribution in [3.8, 4) is 0 Å². The summed E-state index contributed by atoms with van der Waals surface area (Å²) >= 11 is 0. The van der Waals surface area contributed by atoms with Gasteiger partial charge in [-0.2, -0.15) is 0 Å². The topological polar surface area (TPSA) is 116 Å². The van der Waals surface area contributed by atoms with Crippen LogP contribution in [0.4, 0.5) is 0 Å². The largest absolute Gasteiger partial charge is 0.330 e. The third-order valence-electron chi connectivity index (χ3n) is 2.41. The predicted octanol–water partition coefficient (Wildman–Crippen LogP) is -2.29. The van der Waals surface area contributed by atoms with Crippen molar-refractivity contribution in [2.75, 3.05) is 6.54 Å². The normalized spacial score (nSPS) is 13.6. The van der Waals surface area contributed by atoms with Crippen LogP contribution in [0.5, 0.6) is 0 Å². The fourth-order valence-electron chi connectivity index (χ4n) is 1.34. The van der Waals surface area contributed by atoms with Crippen LogP contribution in [0.1, 0.15) is 6.92 Å². The molecule has 0 radical (unpaired) electrons. The monoisotopic (exact) mass is 276 g/mol. The first-order valence-corrected chi connectivity index (χ1v) is 6.68. The number of aryl methyl sites for hydroxylation is 1. The minimum atomic E-state index is -3.99. The molecular formula is C9H16N4O4S. The molecule has 1 atom stereocenters. The molecule has 18 heavy (non-hydrogen) atoms. The summed E-state index contributed by atoms with van der Waals surface area (Å²) < 4.78 is 27.9. The molecule has 0 aromatic carbocycles. The Morgan fingerprint density at radius 2 is 1.94 bits per heavy atom. The summed E-state index contributed by atoms with van der Waals surface area (Å²) in [7, 11) is -1.40. The van der Waals surface area contributed by atoms with E-state index in [-0.39, 0.29) is 6.54 Å². The van der Waals surface area contributed by atoms with E-state index in [9.17, 15) is 18.0 Å². The molecule has 0 saturated carbocycles. The summed E-state index contributed by atoms with van der Waals surface area (Å²) in [4.78, 5) is 22.7. The number of hydrogen-bond donors (Lipinski definition) is 2. The zero-order chi connectivity index (χ0) is 14.1. The van der Waals surface area contributed by atoms with Crippen molar-refractivity contribution in [3.63, 3.8) is 0 Å². The molecule has 8 nitrogen and oxygen atoms in total.